The van der Waals surface area contributed by atoms with Crippen LogP contribution in [0, 0.1) is 23.7 Å². The molecule has 1 aromatic carbocycles. The summed E-state index contributed by atoms with van der Waals surface area (Å²) >= 11 is 5.79. The fourth-order valence-corrected chi connectivity index (χ4v) is 1.06. The molecule has 0 aliphatic carbocycles. The van der Waals surface area contributed by atoms with Crippen LogP contribution in [0.25, 0.3) is 0 Å². The lowest BCUT2D eigenvalue weighted by atomic mass is 10.2. The number of aliphatic hydroxyl groups excluding tert-OH is 1. The van der Waals surface area contributed by atoms with Crippen LogP contribution in [0.15, 0.2) is 41.4 Å². The molecular formula is C14H11ClO. The molecule has 0 amide bonds. The highest BCUT2D eigenvalue weighted by Crippen LogP contribution is 1.98. The monoisotopic (exact) mass is 230 g/mol. The van der Waals surface area contributed by atoms with Crippen molar-refractivity contribution in [3.63, 3.8) is 0 Å². The van der Waals surface area contributed by atoms with Gasteiger partial charge in [-0.1, -0.05) is 53.5 Å². The van der Waals surface area contributed by atoms with E-state index in [1.807, 2.05) is 30.3 Å². The second-order valence-corrected chi connectivity index (χ2v) is 3.31. The standard InChI is InChI=1S/C14H11ClO/c15-14(10-4-5-12-16)11-6-9-13-7-2-1-3-8-13/h1-3,7-8,11,16H,5,12H2/b14-11+. The Labute approximate surface area is 101 Å². The Kier molecular flexibility index (Phi) is 5.89. The third-order valence-electron chi connectivity index (χ3n) is 1.63. The van der Waals surface area contributed by atoms with Crippen LogP contribution in [-0.4, -0.2) is 11.7 Å². The van der Waals surface area contributed by atoms with Gasteiger partial charge in [0.15, 0.2) is 0 Å². The maximum atomic E-state index is 8.51. The number of benzene rings is 1. The van der Waals surface area contributed by atoms with Gasteiger partial charge in [0.1, 0.15) is 0 Å². The SMILES string of the molecule is OCCC#C/C(Cl)=C\C#Cc1ccccc1. The van der Waals surface area contributed by atoms with Crippen molar-refractivity contribution in [2.24, 2.45) is 0 Å². The molecule has 80 valence electrons. The predicted molar refractivity (Wildman–Crippen MR) is 66.7 cm³/mol. The zero-order valence-electron chi connectivity index (χ0n) is 8.70. The van der Waals surface area contributed by atoms with Crippen molar-refractivity contribution in [2.75, 3.05) is 6.61 Å². The zero-order valence-corrected chi connectivity index (χ0v) is 9.46. The summed E-state index contributed by atoms with van der Waals surface area (Å²) in [6.45, 7) is 0.0485. The molecule has 1 rings (SSSR count). The van der Waals surface area contributed by atoms with E-state index in [0.717, 1.165) is 5.56 Å². The van der Waals surface area contributed by atoms with Gasteiger partial charge in [0.25, 0.3) is 0 Å². The third kappa shape index (κ3) is 5.27. The molecule has 0 bridgehead atoms. The highest BCUT2D eigenvalue weighted by molar-refractivity contribution is 6.32. The fraction of sp³-hybridized carbons (Fsp3) is 0.143. The van der Waals surface area contributed by atoms with Gasteiger partial charge < -0.3 is 5.11 Å². The van der Waals surface area contributed by atoms with Crippen molar-refractivity contribution in [3.8, 4) is 23.7 Å². The quantitative estimate of drug-likeness (QED) is 0.736. The van der Waals surface area contributed by atoms with E-state index >= 15 is 0 Å². The van der Waals surface area contributed by atoms with E-state index < -0.39 is 0 Å². The van der Waals surface area contributed by atoms with Gasteiger partial charge in [-0.05, 0) is 12.1 Å². The summed E-state index contributed by atoms with van der Waals surface area (Å²) in [4.78, 5) is 0. The first-order valence-electron chi connectivity index (χ1n) is 4.85. The van der Waals surface area contributed by atoms with Crippen molar-refractivity contribution in [1.82, 2.24) is 0 Å². The summed E-state index contributed by atoms with van der Waals surface area (Å²) in [7, 11) is 0. The van der Waals surface area contributed by atoms with Crippen LogP contribution in [0.1, 0.15) is 12.0 Å². The molecule has 0 aliphatic heterocycles. The largest absolute Gasteiger partial charge is 0.395 e. The van der Waals surface area contributed by atoms with Gasteiger partial charge in [0, 0.05) is 18.1 Å². The Morgan fingerprint density at radius 1 is 1.31 bits per heavy atom. The normalized spacial score (nSPS) is 9.75. The first-order chi connectivity index (χ1) is 7.83. The molecule has 0 spiro atoms. The van der Waals surface area contributed by atoms with Gasteiger partial charge >= 0.3 is 0 Å². The van der Waals surface area contributed by atoms with Crippen LogP contribution in [0.2, 0.25) is 0 Å². The minimum absolute atomic E-state index is 0.0485. The van der Waals surface area contributed by atoms with Crippen LogP contribution in [0.5, 0.6) is 0 Å². The average Bonchev–Trinajstić information content (AvgIpc) is 2.31. The van der Waals surface area contributed by atoms with Gasteiger partial charge in [-0.15, -0.1) is 0 Å². The van der Waals surface area contributed by atoms with E-state index in [1.54, 1.807) is 6.08 Å². The fourth-order valence-electron chi connectivity index (χ4n) is 0.943. The van der Waals surface area contributed by atoms with Gasteiger partial charge in [-0.2, -0.15) is 0 Å². The Bertz CT molecular complexity index is 466. The smallest absolute Gasteiger partial charge is 0.0987 e. The maximum absolute atomic E-state index is 8.51. The van der Waals surface area contributed by atoms with Crippen molar-refractivity contribution in [1.29, 1.82) is 0 Å². The lowest BCUT2D eigenvalue weighted by molar-refractivity contribution is 0.305. The van der Waals surface area contributed by atoms with Gasteiger partial charge in [-0.25, -0.2) is 0 Å². The Hall–Kier alpha value is -1.67. The summed E-state index contributed by atoms with van der Waals surface area (Å²) in [6.07, 6.45) is 1.98. The minimum Gasteiger partial charge on any atom is -0.395 e. The van der Waals surface area contributed by atoms with Crippen molar-refractivity contribution < 1.29 is 5.11 Å². The maximum Gasteiger partial charge on any atom is 0.0987 e. The topological polar surface area (TPSA) is 20.2 Å². The van der Waals surface area contributed by atoms with Crippen LogP contribution < -0.4 is 0 Å². The van der Waals surface area contributed by atoms with Gasteiger partial charge in [0.05, 0.1) is 11.6 Å². The lowest BCUT2D eigenvalue weighted by Gasteiger charge is -1.84. The lowest BCUT2D eigenvalue weighted by Crippen LogP contribution is -1.75. The van der Waals surface area contributed by atoms with Crippen molar-refractivity contribution in [3.05, 3.63) is 47.0 Å². The summed E-state index contributed by atoms with van der Waals surface area (Å²) < 4.78 is 0. The molecule has 1 N–H and O–H groups in total. The molecule has 0 fully saturated rings. The third-order valence-corrected chi connectivity index (χ3v) is 1.84. The first-order valence-corrected chi connectivity index (χ1v) is 5.22. The summed E-state index contributed by atoms with van der Waals surface area (Å²) in [5.41, 5.74) is 0.937. The number of hydrogen-bond acceptors (Lipinski definition) is 1. The molecule has 0 aromatic heterocycles. The van der Waals surface area contributed by atoms with E-state index in [2.05, 4.69) is 23.7 Å². The first kappa shape index (κ1) is 12.4. The minimum atomic E-state index is 0.0485. The number of aliphatic hydroxyl groups is 1. The number of allylic oxidation sites excluding steroid dienone is 2. The zero-order chi connectivity index (χ0) is 11.6. The number of hydrogen-bond donors (Lipinski definition) is 1. The average molecular weight is 231 g/mol. The van der Waals surface area contributed by atoms with Gasteiger partial charge in [0.2, 0.25) is 0 Å². The van der Waals surface area contributed by atoms with Crippen molar-refractivity contribution >= 4 is 11.6 Å². The molecule has 0 saturated heterocycles. The molecule has 16 heavy (non-hydrogen) atoms. The summed E-state index contributed by atoms with van der Waals surface area (Å²) in [5.74, 6) is 11.2. The molecule has 0 radical (unpaired) electrons. The summed E-state index contributed by atoms with van der Waals surface area (Å²) in [6, 6.07) is 9.64. The van der Waals surface area contributed by atoms with E-state index in [1.165, 1.54) is 0 Å². The number of halogens is 1. The molecule has 1 aromatic rings. The van der Waals surface area contributed by atoms with Gasteiger partial charge in [-0.3, -0.25) is 0 Å². The Morgan fingerprint density at radius 2 is 2.06 bits per heavy atom. The van der Waals surface area contributed by atoms with E-state index in [-0.39, 0.29) is 6.61 Å². The molecule has 0 atom stereocenters. The Balaban J connectivity index is 2.60. The van der Waals surface area contributed by atoms with E-state index in [9.17, 15) is 0 Å². The highest BCUT2D eigenvalue weighted by atomic mass is 35.5. The van der Waals surface area contributed by atoms with Crippen LogP contribution in [0.4, 0.5) is 0 Å². The molecule has 2 heteroatoms. The molecule has 0 aliphatic rings. The predicted octanol–water partition coefficient (Wildman–Crippen LogP) is 2.55. The molecule has 0 unspecified atom stereocenters. The molecule has 1 nitrogen and oxygen atoms in total. The molecular weight excluding hydrogens is 220 g/mol. The number of rotatable bonds is 1. The van der Waals surface area contributed by atoms with Crippen molar-refractivity contribution in [2.45, 2.75) is 6.42 Å². The Morgan fingerprint density at radius 3 is 2.75 bits per heavy atom. The van der Waals surface area contributed by atoms with Crippen LogP contribution in [0.3, 0.4) is 0 Å². The highest BCUT2D eigenvalue weighted by Gasteiger charge is 1.82. The molecule has 0 saturated carbocycles. The van der Waals surface area contributed by atoms with E-state index in [0.29, 0.717) is 11.5 Å². The van der Waals surface area contributed by atoms with Crippen LogP contribution >= 0.6 is 11.6 Å². The summed E-state index contributed by atoms with van der Waals surface area (Å²) in [5, 5.41) is 8.90. The van der Waals surface area contributed by atoms with E-state index in [4.69, 9.17) is 16.7 Å². The molecule has 0 heterocycles. The second-order valence-electron chi connectivity index (χ2n) is 2.90. The second kappa shape index (κ2) is 7.60. The van der Waals surface area contributed by atoms with Crippen LogP contribution in [-0.2, 0) is 0 Å².